The Hall–Kier alpha value is -3.37. The molecule has 0 saturated carbocycles. The van der Waals surface area contributed by atoms with E-state index in [9.17, 15) is 65.9 Å². The maximum Gasteiger partial charge on any atom is 0.200 e. The molecule has 2 heterocycles. The second-order valence-electron chi connectivity index (χ2n) is 10.9. The SMILES string of the molecule is CC(C)[NH+]1C2CCC1CC2.Fc1c(F)c(F)c([BH-](c2c(F)c(F)c(F)c(F)c2F)c2c(F)c(F)c(F)c(F)c2F)c(F)c1F. The number of hydrogen-bond acceptors (Lipinski definition) is 0. The van der Waals surface area contributed by atoms with Gasteiger partial charge in [-0.3, -0.25) is 0 Å². The summed E-state index contributed by atoms with van der Waals surface area (Å²) in [6.45, 7) is -0.429. The number of rotatable bonds is 4. The normalized spacial score (nSPS) is 19.3. The number of nitrogens with one attached hydrogen (secondary N) is 1. The molecule has 0 amide bonds. The molecule has 0 aliphatic carbocycles. The lowest BCUT2D eigenvalue weighted by Gasteiger charge is -2.30. The van der Waals surface area contributed by atoms with Crippen molar-refractivity contribution < 1.29 is 70.8 Å². The summed E-state index contributed by atoms with van der Waals surface area (Å²) >= 11 is 0. The van der Waals surface area contributed by atoms with E-state index in [4.69, 9.17) is 0 Å². The quantitative estimate of drug-likeness (QED) is 0.182. The van der Waals surface area contributed by atoms with Gasteiger partial charge in [0, 0.05) is 25.7 Å². The Morgan fingerprint density at radius 1 is 0.386 bits per heavy atom. The fraction of sp³-hybridized carbons (Fsp3) is 0.333. The van der Waals surface area contributed by atoms with Crippen LogP contribution < -0.4 is 21.3 Å². The topological polar surface area (TPSA) is 4.44 Å². The molecular weight excluding hydrogens is 634 g/mol. The highest BCUT2D eigenvalue weighted by molar-refractivity contribution is 6.95. The summed E-state index contributed by atoms with van der Waals surface area (Å²) in [5, 5.41) is 0. The third kappa shape index (κ3) is 5.19. The van der Waals surface area contributed by atoms with Crippen LogP contribution in [0.1, 0.15) is 39.5 Å². The molecule has 240 valence electrons. The molecule has 0 unspecified atom stereocenters. The van der Waals surface area contributed by atoms with Gasteiger partial charge in [-0.1, -0.05) is 0 Å². The molecule has 44 heavy (non-hydrogen) atoms. The third-order valence-electron chi connectivity index (χ3n) is 8.30. The molecule has 2 aliphatic rings. The van der Waals surface area contributed by atoms with Gasteiger partial charge in [0.2, 0.25) is 0 Å². The molecule has 17 heteroatoms. The van der Waals surface area contributed by atoms with Crippen LogP contribution in [0.2, 0.25) is 0 Å². The van der Waals surface area contributed by atoms with Crippen molar-refractivity contribution in [3.8, 4) is 0 Å². The summed E-state index contributed by atoms with van der Waals surface area (Å²) in [6.07, 6.45) is 6.05. The van der Waals surface area contributed by atoms with Crippen molar-refractivity contribution in [3.63, 3.8) is 0 Å². The van der Waals surface area contributed by atoms with Crippen molar-refractivity contribution in [3.05, 3.63) is 87.3 Å². The Labute approximate surface area is 239 Å². The van der Waals surface area contributed by atoms with Crippen LogP contribution in [0.4, 0.5) is 65.9 Å². The van der Waals surface area contributed by atoms with Crippen LogP contribution in [0.25, 0.3) is 0 Å². The summed E-state index contributed by atoms with van der Waals surface area (Å²) in [4.78, 5) is 1.92. The van der Waals surface area contributed by atoms with Crippen LogP contribution in [0, 0.1) is 87.3 Å². The Kier molecular flexibility index (Phi) is 9.30. The Balaban J connectivity index is 0.000000369. The zero-order chi connectivity index (χ0) is 33.1. The van der Waals surface area contributed by atoms with Gasteiger partial charge in [0.05, 0.1) is 24.8 Å². The summed E-state index contributed by atoms with van der Waals surface area (Å²) in [7, 11) is 0. The first-order valence-electron chi connectivity index (χ1n) is 13.0. The van der Waals surface area contributed by atoms with Crippen molar-refractivity contribution in [1.82, 2.24) is 0 Å². The maximum atomic E-state index is 14.4. The summed E-state index contributed by atoms with van der Waals surface area (Å²) < 4.78 is 209. The van der Waals surface area contributed by atoms with E-state index in [0.29, 0.717) is 0 Å². The van der Waals surface area contributed by atoms with Gasteiger partial charge >= 0.3 is 0 Å². The van der Waals surface area contributed by atoms with Gasteiger partial charge in [0.1, 0.15) is 34.9 Å². The molecule has 2 saturated heterocycles. The van der Waals surface area contributed by atoms with Crippen LogP contribution >= 0.6 is 0 Å². The lowest BCUT2D eigenvalue weighted by Crippen LogP contribution is -3.17. The number of benzene rings is 3. The van der Waals surface area contributed by atoms with Crippen LogP contribution in [0.5, 0.6) is 0 Å². The van der Waals surface area contributed by atoms with Gasteiger partial charge in [-0.25, -0.2) is 65.9 Å². The van der Waals surface area contributed by atoms with Crippen molar-refractivity contribution in [2.75, 3.05) is 0 Å². The van der Waals surface area contributed by atoms with E-state index < -0.39 is 110 Å². The molecule has 2 bridgehead atoms. The molecule has 0 aromatic heterocycles. The van der Waals surface area contributed by atoms with E-state index in [1.54, 1.807) is 0 Å². The number of quaternary nitrogens is 1. The van der Waals surface area contributed by atoms with E-state index in [1.807, 2.05) is 4.90 Å². The first-order chi connectivity index (χ1) is 20.4. The smallest absolute Gasteiger partial charge is 0.200 e. The molecule has 3 aromatic rings. The minimum absolute atomic E-state index is 0.875. The van der Waals surface area contributed by atoms with Crippen LogP contribution in [0.15, 0.2) is 0 Å². The second-order valence-corrected chi connectivity index (χ2v) is 10.9. The molecular formula is C27H19BF15N. The van der Waals surface area contributed by atoms with Crippen LogP contribution in [-0.4, -0.2) is 24.8 Å². The van der Waals surface area contributed by atoms with Gasteiger partial charge in [-0.05, 0) is 13.8 Å². The Morgan fingerprint density at radius 3 is 0.727 bits per heavy atom. The lowest BCUT2D eigenvalue weighted by molar-refractivity contribution is -0.943. The van der Waals surface area contributed by atoms with E-state index in [2.05, 4.69) is 13.8 Å². The number of hydrogen-bond donors (Lipinski definition) is 1. The fourth-order valence-electron chi connectivity index (χ4n) is 6.45. The standard InChI is InChI=1S/C18HBF15.C9H17N/c20-4-1(5(21)11(27)16(32)10(4)26)19(2-6(22)12(28)17(33)13(29)7(2)23)3-8(24)14(30)18(34)15(31)9(3)25;1-7(2)10-8-3-4-9(10)6-5-8/h19H;7-9H,3-6H2,1-2H3/q-1;/p+1. The minimum Gasteiger partial charge on any atom is -0.328 e. The van der Waals surface area contributed by atoms with Crippen LogP contribution in [-0.2, 0) is 0 Å². The highest BCUT2D eigenvalue weighted by Gasteiger charge is 2.44. The summed E-state index contributed by atoms with van der Waals surface area (Å²) in [6, 6.07) is 2.97. The zero-order valence-corrected chi connectivity index (χ0v) is 22.4. The van der Waals surface area contributed by atoms with Gasteiger partial charge in [0.15, 0.2) is 52.4 Å². The monoisotopic (exact) mass is 653 g/mol. The predicted octanol–water partition coefficient (Wildman–Crippen LogP) is 4.63. The van der Waals surface area contributed by atoms with E-state index >= 15 is 0 Å². The first kappa shape index (κ1) is 33.5. The van der Waals surface area contributed by atoms with Crippen LogP contribution in [0.3, 0.4) is 0 Å². The highest BCUT2D eigenvalue weighted by Crippen LogP contribution is 2.25. The second kappa shape index (κ2) is 12.2. The molecule has 5 rings (SSSR count). The molecule has 0 spiro atoms. The molecule has 0 atom stereocenters. The lowest BCUT2D eigenvalue weighted by atomic mass is 9.36. The summed E-state index contributed by atoms with van der Waals surface area (Å²) in [5.41, 5.74) is -7.78. The van der Waals surface area contributed by atoms with Gasteiger partial charge in [-0.2, -0.15) is 0 Å². The summed E-state index contributed by atoms with van der Waals surface area (Å²) in [5.74, 6) is -44.8. The minimum atomic E-state index is -5.16. The van der Waals surface area contributed by atoms with Crippen molar-refractivity contribution in [2.24, 2.45) is 0 Å². The van der Waals surface area contributed by atoms with Crippen molar-refractivity contribution in [2.45, 2.75) is 57.7 Å². The molecule has 2 fully saturated rings. The van der Waals surface area contributed by atoms with E-state index in [0.717, 1.165) is 18.1 Å². The van der Waals surface area contributed by atoms with Gasteiger partial charge in [0.25, 0.3) is 0 Å². The number of halogens is 15. The third-order valence-corrected chi connectivity index (χ3v) is 8.30. The molecule has 1 N–H and O–H groups in total. The first-order valence-corrected chi connectivity index (χ1v) is 13.0. The predicted molar refractivity (Wildman–Crippen MR) is 127 cm³/mol. The molecule has 0 radical (unpaired) electrons. The average Bonchev–Trinajstić information content (AvgIpc) is 3.61. The maximum absolute atomic E-state index is 14.4. The van der Waals surface area contributed by atoms with E-state index in [1.165, 1.54) is 25.7 Å². The van der Waals surface area contributed by atoms with Gasteiger partial charge in [-0.15, -0.1) is 16.4 Å². The molecule has 1 nitrogen and oxygen atoms in total. The average molecular weight is 653 g/mol. The van der Waals surface area contributed by atoms with Gasteiger partial charge < -0.3 is 4.90 Å². The molecule has 3 aromatic carbocycles. The molecule has 2 aliphatic heterocycles. The van der Waals surface area contributed by atoms with Crippen molar-refractivity contribution in [1.29, 1.82) is 0 Å². The number of fused-ring (bicyclic) bond motifs is 2. The highest BCUT2D eigenvalue weighted by atomic mass is 19.2. The zero-order valence-electron chi connectivity index (χ0n) is 22.4. The fourth-order valence-corrected chi connectivity index (χ4v) is 6.45. The van der Waals surface area contributed by atoms with Crippen molar-refractivity contribution >= 4 is 23.1 Å². The Bertz CT molecular complexity index is 1370. The Morgan fingerprint density at radius 2 is 0.568 bits per heavy atom. The van der Waals surface area contributed by atoms with E-state index in [-0.39, 0.29) is 0 Å². The largest absolute Gasteiger partial charge is 0.328 e.